The van der Waals surface area contributed by atoms with Crippen LogP contribution in [0.3, 0.4) is 0 Å². The molecule has 0 fully saturated rings. The molecule has 0 atom stereocenters. The maximum Gasteiger partial charge on any atom is 0.262 e. The van der Waals surface area contributed by atoms with Crippen LogP contribution in [-0.4, -0.2) is 27.0 Å². The molecule has 30 heavy (non-hydrogen) atoms. The third-order valence-electron chi connectivity index (χ3n) is 4.04. The van der Waals surface area contributed by atoms with E-state index in [4.69, 9.17) is 21.1 Å². The zero-order valence-corrected chi connectivity index (χ0v) is 16.5. The van der Waals surface area contributed by atoms with E-state index in [1.54, 1.807) is 54.6 Å². The van der Waals surface area contributed by atoms with Crippen LogP contribution in [0.2, 0.25) is 5.02 Å². The Morgan fingerprint density at radius 3 is 2.40 bits per heavy atom. The second-order valence-electron chi connectivity index (χ2n) is 6.22. The van der Waals surface area contributed by atoms with Gasteiger partial charge in [-0.1, -0.05) is 11.6 Å². The van der Waals surface area contributed by atoms with Gasteiger partial charge in [0.15, 0.2) is 6.61 Å². The van der Waals surface area contributed by atoms with Gasteiger partial charge in [0.05, 0.1) is 0 Å². The summed E-state index contributed by atoms with van der Waals surface area (Å²) in [6.07, 6.45) is 5.22. The molecule has 2 aromatic heterocycles. The van der Waals surface area contributed by atoms with E-state index in [9.17, 15) is 4.79 Å². The van der Waals surface area contributed by atoms with E-state index in [0.29, 0.717) is 33.9 Å². The number of nitrogens with zero attached hydrogens (tertiary/aromatic N) is 3. The van der Waals surface area contributed by atoms with Gasteiger partial charge in [0.1, 0.15) is 23.6 Å². The SMILES string of the molecule is O=C(COc1ccc(Cl)cc1)Nc1ccc(Oc2cc(-n3cccc3)ncn2)cc1. The lowest BCUT2D eigenvalue weighted by Gasteiger charge is -2.09. The Morgan fingerprint density at radius 1 is 0.967 bits per heavy atom. The zero-order valence-electron chi connectivity index (χ0n) is 15.7. The summed E-state index contributed by atoms with van der Waals surface area (Å²) in [7, 11) is 0. The van der Waals surface area contributed by atoms with Crippen molar-refractivity contribution < 1.29 is 14.3 Å². The Labute approximate surface area is 177 Å². The van der Waals surface area contributed by atoms with Gasteiger partial charge in [0, 0.05) is 29.2 Å². The average molecular weight is 421 g/mol. The summed E-state index contributed by atoms with van der Waals surface area (Å²) in [4.78, 5) is 20.4. The van der Waals surface area contributed by atoms with E-state index >= 15 is 0 Å². The topological polar surface area (TPSA) is 78.3 Å². The van der Waals surface area contributed by atoms with Crippen LogP contribution in [-0.2, 0) is 4.79 Å². The van der Waals surface area contributed by atoms with Gasteiger partial charge in [-0.15, -0.1) is 0 Å². The van der Waals surface area contributed by atoms with E-state index in [1.165, 1.54) is 6.33 Å². The summed E-state index contributed by atoms with van der Waals surface area (Å²) in [5.41, 5.74) is 0.628. The van der Waals surface area contributed by atoms with Crippen LogP contribution < -0.4 is 14.8 Å². The second kappa shape index (κ2) is 9.11. The number of ether oxygens (including phenoxy) is 2. The molecular weight excluding hydrogens is 404 g/mol. The number of anilines is 1. The predicted octanol–water partition coefficient (Wildman–Crippen LogP) is 4.73. The molecule has 0 unspecified atom stereocenters. The fraction of sp³-hybridized carbons (Fsp3) is 0.0455. The predicted molar refractivity (Wildman–Crippen MR) is 113 cm³/mol. The molecule has 8 heteroatoms. The molecule has 0 saturated heterocycles. The fourth-order valence-electron chi connectivity index (χ4n) is 2.62. The Bertz CT molecular complexity index is 1110. The fourth-order valence-corrected chi connectivity index (χ4v) is 2.74. The Morgan fingerprint density at radius 2 is 1.67 bits per heavy atom. The lowest BCUT2D eigenvalue weighted by Crippen LogP contribution is -2.20. The standard InChI is InChI=1S/C22H17ClN4O3/c23-16-3-7-18(8-4-16)29-14-21(28)26-17-5-9-19(10-6-17)30-22-13-20(24-15-25-22)27-11-1-2-12-27/h1-13,15H,14H2,(H,26,28). The molecule has 0 aliphatic carbocycles. The number of amides is 1. The van der Waals surface area contributed by atoms with Crippen LogP contribution in [0.25, 0.3) is 5.82 Å². The minimum absolute atomic E-state index is 0.108. The van der Waals surface area contributed by atoms with Crippen LogP contribution in [0.15, 0.2) is 85.5 Å². The summed E-state index contributed by atoms with van der Waals surface area (Å²) < 4.78 is 13.1. The van der Waals surface area contributed by atoms with Gasteiger partial charge in [-0.3, -0.25) is 4.79 Å². The Balaban J connectivity index is 1.32. The van der Waals surface area contributed by atoms with Gasteiger partial charge >= 0.3 is 0 Å². The van der Waals surface area contributed by atoms with Crippen molar-refractivity contribution in [1.29, 1.82) is 0 Å². The molecule has 0 spiro atoms. The van der Waals surface area contributed by atoms with Crippen LogP contribution >= 0.6 is 11.6 Å². The van der Waals surface area contributed by atoms with Crippen molar-refractivity contribution in [2.75, 3.05) is 11.9 Å². The quantitative estimate of drug-likeness (QED) is 0.467. The number of benzene rings is 2. The molecule has 1 N–H and O–H groups in total. The number of hydrogen-bond donors (Lipinski definition) is 1. The van der Waals surface area contributed by atoms with E-state index in [2.05, 4.69) is 15.3 Å². The Hall–Kier alpha value is -3.84. The van der Waals surface area contributed by atoms with Gasteiger partial charge < -0.3 is 19.4 Å². The van der Waals surface area contributed by atoms with Crippen molar-refractivity contribution in [2.24, 2.45) is 0 Å². The lowest BCUT2D eigenvalue weighted by molar-refractivity contribution is -0.118. The average Bonchev–Trinajstić information content (AvgIpc) is 3.30. The van der Waals surface area contributed by atoms with E-state index < -0.39 is 0 Å². The van der Waals surface area contributed by atoms with Crippen molar-refractivity contribution in [1.82, 2.24) is 14.5 Å². The van der Waals surface area contributed by atoms with Crippen LogP contribution in [0.5, 0.6) is 17.4 Å². The van der Waals surface area contributed by atoms with Gasteiger partial charge in [-0.05, 0) is 60.7 Å². The highest BCUT2D eigenvalue weighted by atomic mass is 35.5. The molecule has 4 aromatic rings. The molecule has 2 aromatic carbocycles. The molecule has 0 bridgehead atoms. The van der Waals surface area contributed by atoms with Crippen molar-refractivity contribution in [3.05, 3.63) is 90.5 Å². The minimum Gasteiger partial charge on any atom is -0.484 e. The number of nitrogens with one attached hydrogen (secondary N) is 1. The van der Waals surface area contributed by atoms with Crippen LogP contribution in [0.4, 0.5) is 5.69 Å². The second-order valence-corrected chi connectivity index (χ2v) is 6.66. The first-order valence-electron chi connectivity index (χ1n) is 9.07. The number of carbonyl (C=O) groups excluding carboxylic acids is 1. The van der Waals surface area contributed by atoms with Gasteiger partial charge in [0.2, 0.25) is 5.88 Å². The first kappa shape index (κ1) is 19.5. The summed E-state index contributed by atoms with van der Waals surface area (Å²) in [6, 6.07) is 19.3. The van der Waals surface area contributed by atoms with E-state index in [1.807, 2.05) is 29.1 Å². The largest absolute Gasteiger partial charge is 0.484 e. The third kappa shape index (κ3) is 5.15. The van der Waals surface area contributed by atoms with Crippen molar-refractivity contribution in [3.8, 4) is 23.2 Å². The molecule has 0 aliphatic heterocycles. The highest BCUT2D eigenvalue weighted by Gasteiger charge is 2.06. The molecule has 0 saturated carbocycles. The highest BCUT2D eigenvalue weighted by molar-refractivity contribution is 6.30. The molecule has 0 aliphatic rings. The first-order valence-corrected chi connectivity index (χ1v) is 9.45. The number of carbonyl (C=O) groups is 1. The van der Waals surface area contributed by atoms with Crippen molar-refractivity contribution in [3.63, 3.8) is 0 Å². The molecule has 150 valence electrons. The van der Waals surface area contributed by atoms with E-state index in [0.717, 1.165) is 0 Å². The summed E-state index contributed by atoms with van der Waals surface area (Å²) in [5.74, 6) is 2.01. The van der Waals surface area contributed by atoms with Gasteiger partial charge in [-0.2, -0.15) is 0 Å². The maximum atomic E-state index is 12.1. The molecule has 2 heterocycles. The highest BCUT2D eigenvalue weighted by Crippen LogP contribution is 2.22. The molecule has 1 amide bonds. The Kier molecular flexibility index (Phi) is 5.91. The smallest absolute Gasteiger partial charge is 0.262 e. The lowest BCUT2D eigenvalue weighted by atomic mass is 10.3. The number of halogens is 1. The first-order chi connectivity index (χ1) is 14.7. The molecule has 4 rings (SSSR count). The van der Waals surface area contributed by atoms with Crippen LogP contribution in [0, 0.1) is 0 Å². The van der Waals surface area contributed by atoms with E-state index in [-0.39, 0.29) is 12.5 Å². The summed E-state index contributed by atoms with van der Waals surface area (Å²) in [6.45, 7) is -0.108. The number of rotatable bonds is 7. The summed E-state index contributed by atoms with van der Waals surface area (Å²) >= 11 is 5.82. The summed E-state index contributed by atoms with van der Waals surface area (Å²) in [5, 5.41) is 3.38. The van der Waals surface area contributed by atoms with Gasteiger partial charge in [0.25, 0.3) is 5.91 Å². The number of aromatic nitrogens is 3. The van der Waals surface area contributed by atoms with Crippen molar-refractivity contribution >= 4 is 23.2 Å². The monoisotopic (exact) mass is 420 g/mol. The number of hydrogen-bond acceptors (Lipinski definition) is 5. The molecular formula is C22H17ClN4O3. The normalized spacial score (nSPS) is 10.4. The molecule has 7 nitrogen and oxygen atoms in total. The third-order valence-corrected chi connectivity index (χ3v) is 4.29. The van der Waals surface area contributed by atoms with Crippen molar-refractivity contribution in [2.45, 2.75) is 0 Å². The maximum absolute atomic E-state index is 12.1. The van der Waals surface area contributed by atoms with Gasteiger partial charge in [-0.25, -0.2) is 9.97 Å². The minimum atomic E-state index is -0.272. The molecule has 0 radical (unpaired) electrons. The zero-order chi connectivity index (χ0) is 20.8. The van der Waals surface area contributed by atoms with Crippen LogP contribution in [0.1, 0.15) is 0 Å².